The number of fused-ring (bicyclic) bond motifs is 1. The molecule has 0 spiro atoms. The fraction of sp³-hybridized carbons (Fsp3) is 0.300. The summed E-state index contributed by atoms with van der Waals surface area (Å²) >= 11 is 0. The number of imidazole rings is 1. The third kappa shape index (κ3) is 1.59. The quantitative estimate of drug-likeness (QED) is 0.608. The van der Waals surface area contributed by atoms with E-state index in [4.69, 9.17) is 21.3 Å². The molecule has 5 N–H and O–H groups in total. The highest BCUT2D eigenvalue weighted by molar-refractivity contribution is 5.82. The first-order valence-electron chi connectivity index (χ1n) is 5.39. The van der Waals surface area contributed by atoms with Crippen molar-refractivity contribution < 1.29 is 9.84 Å². The van der Waals surface area contributed by atoms with Crippen LogP contribution in [0.3, 0.4) is 0 Å². The molecule has 94 valence electrons. The average molecular weight is 248 g/mol. The Morgan fingerprint density at radius 1 is 1.33 bits per heavy atom. The summed E-state index contributed by atoms with van der Waals surface area (Å²) in [5.41, 5.74) is 12.3. The lowest BCUT2D eigenvalue weighted by molar-refractivity contribution is -0.00638. The number of nitrogens with zero attached hydrogens (tertiary/aromatic N) is 4. The van der Waals surface area contributed by atoms with E-state index >= 15 is 0 Å². The van der Waals surface area contributed by atoms with Gasteiger partial charge in [-0.2, -0.15) is 9.97 Å². The highest BCUT2D eigenvalue weighted by atomic mass is 16.5. The van der Waals surface area contributed by atoms with Gasteiger partial charge in [0.15, 0.2) is 17.7 Å². The molecule has 0 saturated carbocycles. The van der Waals surface area contributed by atoms with Crippen LogP contribution in [0.4, 0.5) is 11.8 Å². The summed E-state index contributed by atoms with van der Waals surface area (Å²) < 4.78 is 7.25. The van der Waals surface area contributed by atoms with Crippen molar-refractivity contribution in [2.24, 2.45) is 0 Å². The maximum Gasteiger partial charge on any atom is 0.224 e. The number of aliphatic hydroxyl groups excluding tert-OH is 1. The van der Waals surface area contributed by atoms with Crippen LogP contribution in [0.2, 0.25) is 0 Å². The lowest BCUT2D eigenvalue weighted by Gasteiger charge is -2.14. The smallest absolute Gasteiger partial charge is 0.224 e. The Bertz CT molecular complexity index is 622. The molecule has 18 heavy (non-hydrogen) atoms. The number of hydrogen-bond donors (Lipinski definition) is 3. The van der Waals surface area contributed by atoms with Crippen LogP contribution >= 0.6 is 0 Å². The first-order chi connectivity index (χ1) is 8.69. The normalized spacial score (nSPS) is 22.9. The predicted octanol–water partition coefficient (Wildman–Crippen LogP) is -0.563. The minimum Gasteiger partial charge on any atom is -0.393 e. The zero-order valence-electron chi connectivity index (χ0n) is 9.39. The van der Waals surface area contributed by atoms with Crippen molar-refractivity contribution in [3.63, 3.8) is 0 Å². The molecule has 2 atom stereocenters. The van der Waals surface area contributed by atoms with Crippen LogP contribution in [0.25, 0.3) is 11.2 Å². The van der Waals surface area contributed by atoms with Gasteiger partial charge < -0.3 is 21.3 Å². The van der Waals surface area contributed by atoms with Gasteiger partial charge in [-0.3, -0.25) is 4.57 Å². The molecule has 0 aromatic carbocycles. The SMILES string of the molecule is Nc1nc(N)c2ncn([C@H]3C=C[C@@H](CO)O3)c2n1. The van der Waals surface area contributed by atoms with E-state index < -0.39 is 0 Å². The molecule has 0 bridgehead atoms. The summed E-state index contributed by atoms with van der Waals surface area (Å²) in [6.45, 7) is -0.0705. The molecule has 0 radical (unpaired) electrons. The first-order valence-corrected chi connectivity index (χ1v) is 5.39. The summed E-state index contributed by atoms with van der Waals surface area (Å²) in [6, 6.07) is 0. The number of nitrogen functional groups attached to an aromatic ring is 2. The van der Waals surface area contributed by atoms with Gasteiger partial charge in [0, 0.05) is 0 Å². The molecule has 0 aliphatic carbocycles. The topological polar surface area (TPSA) is 125 Å². The summed E-state index contributed by atoms with van der Waals surface area (Å²) in [6.07, 6.45) is 4.47. The van der Waals surface area contributed by atoms with E-state index in [1.54, 1.807) is 17.0 Å². The number of ether oxygens (including phenoxy) is 1. The maximum absolute atomic E-state index is 9.02. The first kappa shape index (κ1) is 10.9. The molecule has 3 heterocycles. The van der Waals surface area contributed by atoms with Crippen LogP contribution in [0.15, 0.2) is 18.5 Å². The van der Waals surface area contributed by atoms with Gasteiger partial charge >= 0.3 is 0 Å². The standard InChI is InChI=1S/C10H12N6O2/c11-8-7-9(15-10(12)14-8)16(4-13-7)6-2-1-5(3-17)18-6/h1-2,4-6,17H,3H2,(H4,11,12,14,15)/t5-,6+/m0/s1. The van der Waals surface area contributed by atoms with E-state index in [2.05, 4.69) is 15.0 Å². The van der Waals surface area contributed by atoms with Gasteiger partial charge in [-0.05, 0) is 6.08 Å². The van der Waals surface area contributed by atoms with Gasteiger partial charge in [0.2, 0.25) is 5.95 Å². The Kier molecular flexibility index (Phi) is 2.39. The Balaban J connectivity index is 2.06. The van der Waals surface area contributed by atoms with Crippen molar-refractivity contribution in [1.82, 2.24) is 19.5 Å². The van der Waals surface area contributed by atoms with Crippen molar-refractivity contribution in [2.75, 3.05) is 18.1 Å². The molecule has 0 amide bonds. The van der Waals surface area contributed by atoms with Crippen molar-refractivity contribution in [3.8, 4) is 0 Å². The second-order valence-electron chi connectivity index (χ2n) is 3.92. The molecule has 0 unspecified atom stereocenters. The zero-order valence-corrected chi connectivity index (χ0v) is 9.39. The fourth-order valence-corrected chi connectivity index (χ4v) is 1.89. The van der Waals surface area contributed by atoms with Gasteiger partial charge in [0.05, 0.1) is 12.9 Å². The van der Waals surface area contributed by atoms with E-state index in [1.807, 2.05) is 6.08 Å². The van der Waals surface area contributed by atoms with Crippen LogP contribution in [0.5, 0.6) is 0 Å². The largest absolute Gasteiger partial charge is 0.393 e. The molecule has 8 heteroatoms. The van der Waals surface area contributed by atoms with Crippen LogP contribution in [-0.4, -0.2) is 37.3 Å². The molecule has 2 aromatic heterocycles. The number of nitrogens with two attached hydrogens (primary N) is 2. The number of hydrogen-bond acceptors (Lipinski definition) is 7. The van der Waals surface area contributed by atoms with Crippen LogP contribution in [-0.2, 0) is 4.74 Å². The Labute approximate surface area is 102 Å². The molecular formula is C10H12N6O2. The van der Waals surface area contributed by atoms with Gasteiger partial charge in [-0.1, -0.05) is 6.08 Å². The molecule has 2 aromatic rings. The summed E-state index contributed by atoms with van der Waals surface area (Å²) in [5.74, 6) is 0.319. The average Bonchev–Trinajstić information content (AvgIpc) is 2.93. The third-order valence-corrected chi connectivity index (χ3v) is 2.72. The van der Waals surface area contributed by atoms with E-state index in [1.165, 1.54) is 0 Å². The minimum absolute atomic E-state index is 0.0705. The molecule has 8 nitrogen and oxygen atoms in total. The summed E-state index contributed by atoms with van der Waals surface area (Å²) in [5, 5.41) is 9.02. The van der Waals surface area contributed by atoms with E-state index in [0.717, 1.165) is 0 Å². The second kappa shape index (κ2) is 3.93. The summed E-state index contributed by atoms with van der Waals surface area (Å²) in [7, 11) is 0. The third-order valence-electron chi connectivity index (χ3n) is 2.72. The van der Waals surface area contributed by atoms with Crippen molar-refractivity contribution in [3.05, 3.63) is 18.5 Å². The van der Waals surface area contributed by atoms with E-state index in [-0.39, 0.29) is 30.7 Å². The highest BCUT2D eigenvalue weighted by Gasteiger charge is 2.22. The molecule has 0 fully saturated rings. The van der Waals surface area contributed by atoms with Gasteiger partial charge in [0.25, 0.3) is 0 Å². The minimum atomic E-state index is -0.374. The number of aromatic nitrogens is 4. The van der Waals surface area contributed by atoms with Gasteiger partial charge in [-0.15, -0.1) is 0 Å². The zero-order chi connectivity index (χ0) is 12.7. The van der Waals surface area contributed by atoms with Crippen LogP contribution < -0.4 is 11.5 Å². The van der Waals surface area contributed by atoms with Crippen molar-refractivity contribution in [2.45, 2.75) is 12.3 Å². The van der Waals surface area contributed by atoms with Crippen molar-refractivity contribution in [1.29, 1.82) is 0 Å². The highest BCUT2D eigenvalue weighted by Crippen LogP contribution is 2.26. The Morgan fingerprint density at radius 3 is 2.89 bits per heavy atom. The molecular weight excluding hydrogens is 236 g/mol. The Morgan fingerprint density at radius 2 is 2.17 bits per heavy atom. The number of aliphatic hydroxyl groups is 1. The van der Waals surface area contributed by atoms with Crippen molar-refractivity contribution >= 4 is 22.9 Å². The number of anilines is 2. The summed E-state index contributed by atoms with van der Waals surface area (Å²) in [4.78, 5) is 12.1. The van der Waals surface area contributed by atoms with Crippen LogP contribution in [0, 0.1) is 0 Å². The number of rotatable bonds is 2. The second-order valence-corrected chi connectivity index (χ2v) is 3.92. The maximum atomic E-state index is 9.02. The fourth-order valence-electron chi connectivity index (χ4n) is 1.89. The predicted molar refractivity (Wildman–Crippen MR) is 64.3 cm³/mol. The van der Waals surface area contributed by atoms with Crippen LogP contribution in [0.1, 0.15) is 6.23 Å². The lowest BCUT2D eigenvalue weighted by atomic mass is 10.4. The van der Waals surface area contributed by atoms with Gasteiger partial charge in [0.1, 0.15) is 11.6 Å². The van der Waals surface area contributed by atoms with E-state index in [9.17, 15) is 0 Å². The molecule has 1 aliphatic rings. The molecule has 3 rings (SSSR count). The van der Waals surface area contributed by atoms with E-state index in [0.29, 0.717) is 11.2 Å². The monoisotopic (exact) mass is 248 g/mol. The Hall–Kier alpha value is -2.19. The lowest BCUT2D eigenvalue weighted by Crippen LogP contribution is -2.15. The molecule has 1 aliphatic heterocycles. The molecule has 0 saturated heterocycles. The van der Waals surface area contributed by atoms with Gasteiger partial charge in [-0.25, -0.2) is 4.98 Å².